The fraction of sp³-hybridized carbons (Fsp3) is 0.176. The summed E-state index contributed by atoms with van der Waals surface area (Å²) in [5.74, 6) is -0.0982. The van der Waals surface area contributed by atoms with Gasteiger partial charge in [-0.1, -0.05) is 17.7 Å². The first kappa shape index (κ1) is 17.8. The van der Waals surface area contributed by atoms with Crippen molar-refractivity contribution in [3.05, 3.63) is 75.3 Å². The van der Waals surface area contributed by atoms with Crippen molar-refractivity contribution in [1.29, 1.82) is 0 Å². The van der Waals surface area contributed by atoms with Crippen molar-refractivity contribution in [2.75, 3.05) is 6.54 Å². The van der Waals surface area contributed by atoms with Gasteiger partial charge in [-0.15, -0.1) is 0 Å². The van der Waals surface area contributed by atoms with Gasteiger partial charge >= 0.3 is 0 Å². The van der Waals surface area contributed by atoms with Gasteiger partial charge in [0.05, 0.1) is 17.1 Å². The molecule has 0 atom stereocenters. The number of aryl methyl sites for hydroxylation is 1. The van der Waals surface area contributed by atoms with Crippen LogP contribution in [0.2, 0.25) is 5.02 Å². The predicted octanol–water partition coefficient (Wildman–Crippen LogP) is 1.96. The Hall–Kier alpha value is -3.00. The van der Waals surface area contributed by atoms with Crippen LogP contribution in [-0.4, -0.2) is 31.8 Å². The first-order valence-corrected chi connectivity index (χ1v) is 8.16. The molecule has 3 aromatic rings. The molecule has 0 aliphatic carbocycles. The SMILES string of the molecule is Cc1nccn1-c1ccc(=O)n(CCNC(=O)c2c(F)cccc2Cl)n1. The largest absolute Gasteiger partial charge is 0.350 e. The molecule has 0 radical (unpaired) electrons. The summed E-state index contributed by atoms with van der Waals surface area (Å²) in [6.07, 6.45) is 3.36. The number of benzene rings is 1. The van der Waals surface area contributed by atoms with E-state index in [-0.39, 0.29) is 29.2 Å². The van der Waals surface area contributed by atoms with Gasteiger partial charge in [0.1, 0.15) is 11.6 Å². The number of rotatable bonds is 5. The Kier molecular flexibility index (Phi) is 5.13. The quantitative estimate of drug-likeness (QED) is 0.739. The first-order chi connectivity index (χ1) is 12.5. The molecule has 0 spiro atoms. The van der Waals surface area contributed by atoms with Crippen molar-refractivity contribution in [1.82, 2.24) is 24.6 Å². The van der Waals surface area contributed by atoms with Crippen LogP contribution in [0.5, 0.6) is 0 Å². The van der Waals surface area contributed by atoms with Crippen molar-refractivity contribution < 1.29 is 9.18 Å². The van der Waals surface area contributed by atoms with E-state index in [0.29, 0.717) is 5.82 Å². The highest BCUT2D eigenvalue weighted by molar-refractivity contribution is 6.33. The third-order valence-corrected chi connectivity index (χ3v) is 4.04. The van der Waals surface area contributed by atoms with Gasteiger partial charge in [0.15, 0.2) is 5.82 Å². The van der Waals surface area contributed by atoms with Gasteiger partial charge in [-0.25, -0.2) is 14.1 Å². The molecule has 1 N–H and O–H groups in total. The third-order valence-electron chi connectivity index (χ3n) is 3.72. The van der Waals surface area contributed by atoms with Crippen molar-refractivity contribution in [3.8, 4) is 5.82 Å². The second-order valence-electron chi connectivity index (χ2n) is 5.45. The van der Waals surface area contributed by atoms with E-state index < -0.39 is 11.7 Å². The van der Waals surface area contributed by atoms with Crippen molar-refractivity contribution in [3.63, 3.8) is 0 Å². The Morgan fingerprint density at radius 2 is 2.12 bits per heavy atom. The smallest absolute Gasteiger partial charge is 0.266 e. The fourth-order valence-corrected chi connectivity index (χ4v) is 2.67. The molecule has 2 heterocycles. The number of nitrogens with one attached hydrogen (secondary N) is 1. The Bertz CT molecular complexity index is 994. The first-order valence-electron chi connectivity index (χ1n) is 7.78. The van der Waals surface area contributed by atoms with Crippen LogP contribution in [0, 0.1) is 12.7 Å². The minimum atomic E-state index is -0.706. The highest BCUT2D eigenvalue weighted by atomic mass is 35.5. The van der Waals surface area contributed by atoms with Gasteiger partial charge in [-0.2, -0.15) is 5.10 Å². The van der Waals surface area contributed by atoms with Gasteiger partial charge in [0.2, 0.25) is 0 Å². The molecule has 0 aliphatic rings. The number of carbonyl (C=O) groups is 1. The van der Waals surface area contributed by atoms with Crippen LogP contribution in [0.25, 0.3) is 5.82 Å². The lowest BCUT2D eigenvalue weighted by atomic mass is 10.2. The van der Waals surface area contributed by atoms with E-state index in [9.17, 15) is 14.0 Å². The van der Waals surface area contributed by atoms with E-state index >= 15 is 0 Å². The van der Waals surface area contributed by atoms with Crippen molar-refractivity contribution in [2.45, 2.75) is 13.5 Å². The molecule has 0 saturated carbocycles. The van der Waals surface area contributed by atoms with Gasteiger partial charge in [0.25, 0.3) is 11.5 Å². The van der Waals surface area contributed by atoms with Crippen LogP contribution in [0.1, 0.15) is 16.2 Å². The fourth-order valence-electron chi connectivity index (χ4n) is 2.43. The molecule has 2 aromatic heterocycles. The highest BCUT2D eigenvalue weighted by Crippen LogP contribution is 2.18. The van der Waals surface area contributed by atoms with E-state index in [1.807, 2.05) is 6.92 Å². The van der Waals surface area contributed by atoms with E-state index in [1.165, 1.54) is 22.9 Å². The second kappa shape index (κ2) is 7.49. The average molecular weight is 376 g/mol. The van der Waals surface area contributed by atoms with Gasteiger partial charge in [0, 0.05) is 25.0 Å². The van der Waals surface area contributed by atoms with Crippen LogP contribution < -0.4 is 10.9 Å². The van der Waals surface area contributed by atoms with E-state index in [1.54, 1.807) is 23.0 Å². The topological polar surface area (TPSA) is 81.8 Å². The van der Waals surface area contributed by atoms with Crippen LogP contribution in [0.3, 0.4) is 0 Å². The number of hydrogen-bond acceptors (Lipinski definition) is 4. The molecule has 7 nitrogen and oxygen atoms in total. The van der Waals surface area contributed by atoms with Gasteiger partial charge < -0.3 is 5.32 Å². The maximum absolute atomic E-state index is 13.7. The normalized spacial score (nSPS) is 10.7. The number of aromatic nitrogens is 4. The van der Waals surface area contributed by atoms with Crippen molar-refractivity contribution >= 4 is 17.5 Å². The molecule has 0 saturated heterocycles. The molecule has 9 heteroatoms. The number of imidazole rings is 1. The average Bonchev–Trinajstić information content (AvgIpc) is 3.02. The summed E-state index contributed by atoms with van der Waals surface area (Å²) < 4.78 is 16.7. The van der Waals surface area contributed by atoms with E-state index in [0.717, 1.165) is 11.9 Å². The zero-order valence-electron chi connectivity index (χ0n) is 13.8. The second-order valence-corrected chi connectivity index (χ2v) is 5.86. The summed E-state index contributed by atoms with van der Waals surface area (Å²) in [7, 11) is 0. The molecule has 0 fully saturated rings. The monoisotopic (exact) mass is 375 g/mol. The minimum Gasteiger partial charge on any atom is -0.350 e. The Labute approximate surface area is 153 Å². The summed E-state index contributed by atoms with van der Waals surface area (Å²) in [6.45, 7) is 2.02. The van der Waals surface area contributed by atoms with E-state index in [2.05, 4.69) is 15.4 Å². The predicted molar refractivity (Wildman–Crippen MR) is 94.1 cm³/mol. The Morgan fingerprint density at radius 1 is 1.31 bits per heavy atom. The maximum Gasteiger partial charge on any atom is 0.266 e. The highest BCUT2D eigenvalue weighted by Gasteiger charge is 2.15. The third kappa shape index (κ3) is 3.65. The molecule has 0 unspecified atom stereocenters. The lowest BCUT2D eigenvalue weighted by Gasteiger charge is -2.10. The lowest BCUT2D eigenvalue weighted by molar-refractivity contribution is 0.0948. The van der Waals surface area contributed by atoms with E-state index in [4.69, 9.17) is 11.6 Å². The van der Waals surface area contributed by atoms with Gasteiger partial charge in [-0.3, -0.25) is 14.2 Å². The summed E-state index contributed by atoms with van der Waals surface area (Å²) in [5.41, 5.74) is -0.540. The number of carbonyl (C=O) groups excluding carboxylic acids is 1. The van der Waals surface area contributed by atoms with Crippen molar-refractivity contribution in [2.24, 2.45) is 0 Å². The Balaban J connectivity index is 1.71. The standard InChI is InChI=1S/C17H15ClFN5O2/c1-11-20-7-9-23(11)14-5-6-15(25)24(22-14)10-8-21-17(26)16-12(18)3-2-4-13(16)19/h2-7,9H,8,10H2,1H3,(H,21,26). The molecule has 26 heavy (non-hydrogen) atoms. The molecule has 1 amide bonds. The molecular weight excluding hydrogens is 361 g/mol. The summed E-state index contributed by atoms with van der Waals surface area (Å²) >= 11 is 5.86. The Morgan fingerprint density at radius 3 is 2.81 bits per heavy atom. The lowest BCUT2D eigenvalue weighted by Crippen LogP contribution is -2.32. The maximum atomic E-state index is 13.7. The number of amides is 1. The molecule has 0 aliphatic heterocycles. The van der Waals surface area contributed by atoms with Crippen LogP contribution in [0.4, 0.5) is 4.39 Å². The zero-order valence-corrected chi connectivity index (χ0v) is 14.6. The molecular formula is C17H15ClFN5O2. The van der Waals surface area contributed by atoms with Gasteiger partial charge in [-0.05, 0) is 25.1 Å². The number of nitrogens with zero attached hydrogens (tertiary/aromatic N) is 4. The number of hydrogen-bond donors (Lipinski definition) is 1. The molecule has 0 bridgehead atoms. The van der Waals surface area contributed by atoms with Crippen LogP contribution in [0.15, 0.2) is 47.5 Å². The van der Waals surface area contributed by atoms with Crippen LogP contribution >= 0.6 is 11.6 Å². The summed E-state index contributed by atoms with van der Waals surface area (Å²) in [4.78, 5) is 28.2. The minimum absolute atomic E-state index is 0.0235. The summed E-state index contributed by atoms with van der Waals surface area (Å²) in [5, 5.41) is 6.82. The summed E-state index contributed by atoms with van der Waals surface area (Å²) in [6, 6.07) is 6.98. The molecule has 134 valence electrons. The zero-order chi connectivity index (χ0) is 18.7. The molecule has 1 aromatic carbocycles. The number of halogens is 2. The van der Waals surface area contributed by atoms with Crippen LogP contribution in [-0.2, 0) is 6.54 Å². The molecule has 3 rings (SSSR count).